The first-order valence-corrected chi connectivity index (χ1v) is 20.4. The molecule has 2 unspecified atom stereocenters. The molecule has 0 bridgehead atoms. The van der Waals surface area contributed by atoms with E-state index in [4.69, 9.17) is 9.84 Å². The summed E-state index contributed by atoms with van der Waals surface area (Å²) in [5.74, 6) is -3.22. The Balaban J connectivity index is 2.05. The molecular formula is C37H50F2N4O6Si. The lowest BCUT2D eigenvalue weighted by molar-refractivity contribution is -0.139. The van der Waals surface area contributed by atoms with Gasteiger partial charge in [0.2, 0.25) is 11.8 Å². The third kappa shape index (κ3) is 12.4. The van der Waals surface area contributed by atoms with Gasteiger partial charge < -0.3 is 29.9 Å². The first-order valence-electron chi connectivity index (χ1n) is 16.7. The molecule has 0 spiro atoms. The van der Waals surface area contributed by atoms with Gasteiger partial charge in [-0.05, 0) is 41.3 Å². The minimum absolute atomic E-state index is 0.0640. The van der Waals surface area contributed by atoms with Crippen LogP contribution in [0.3, 0.4) is 0 Å². The largest absolute Gasteiger partial charge is 0.481 e. The van der Waals surface area contributed by atoms with Crippen molar-refractivity contribution >= 4 is 32.0 Å². The average molecular weight is 713 g/mol. The molecule has 1 heterocycles. The highest BCUT2D eigenvalue weighted by atomic mass is 28.3. The summed E-state index contributed by atoms with van der Waals surface area (Å²) in [6.07, 6.45) is 0.379. The van der Waals surface area contributed by atoms with E-state index >= 15 is 4.39 Å². The van der Waals surface area contributed by atoms with Crippen LogP contribution in [0, 0.1) is 17.0 Å². The molecule has 0 aliphatic heterocycles. The Hall–Kier alpha value is -4.52. The van der Waals surface area contributed by atoms with Gasteiger partial charge in [0.15, 0.2) is 0 Å². The Morgan fingerprint density at radius 3 is 2.28 bits per heavy atom. The SMILES string of the molecule is CC(=O)N(CC(CNC(=O)OCC[Si](C)(C)C)NC(=O)CCC(=O)O)C(c1cc(-c2cc(F)ccc2F)cn1Cc1ccccc1)C(C)(C)C. The van der Waals surface area contributed by atoms with Crippen LogP contribution in [0.25, 0.3) is 11.1 Å². The zero-order chi connectivity index (χ0) is 37.2. The van der Waals surface area contributed by atoms with Gasteiger partial charge in [-0.15, -0.1) is 0 Å². The van der Waals surface area contributed by atoms with E-state index in [-0.39, 0.29) is 37.6 Å². The van der Waals surface area contributed by atoms with E-state index in [2.05, 4.69) is 30.3 Å². The second-order valence-corrected chi connectivity index (χ2v) is 20.4. The molecule has 2 aromatic carbocycles. The highest BCUT2D eigenvalue weighted by Gasteiger charge is 2.37. The highest BCUT2D eigenvalue weighted by Crippen LogP contribution is 2.41. The lowest BCUT2D eigenvalue weighted by Gasteiger charge is -2.42. The van der Waals surface area contributed by atoms with Gasteiger partial charge in [-0.25, -0.2) is 13.6 Å². The van der Waals surface area contributed by atoms with Crippen molar-refractivity contribution < 1.29 is 37.8 Å². The van der Waals surface area contributed by atoms with E-state index in [0.717, 1.165) is 29.8 Å². The number of alkyl carbamates (subject to hydrolysis) is 1. The smallest absolute Gasteiger partial charge is 0.407 e. The summed E-state index contributed by atoms with van der Waals surface area (Å²) >= 11 is 0. The summed E-state index contributed by atoms with van der Waals surface area (Å²) in [7, 11) is -1.46. The molecule has 0 saturated carbocycles. The van der Waals surface area contributed by atoms with Crippen molar-refractivity contribution in [2.45, 2.75) is 84.9 Å². The number of halogens is 2. The van der Waals surface area contributed by atoms with Crippen LogP contribution in [0.2, 0.25) is 25.7 Å². The summed E-state index contributed by atoms with van der Waals surface area (Å²) in [4.78, 5) is 51.8. The summed E-state index contributed by atoms with van der Waals surface area (Å²) in [5, 5.41) is 14.6. The highest BCUT2D eigenvalue weighted by molar-refractivity contribution is 6.76. The minimum atomic E-state index is -1.46. The molecule has 0 saturated heterocycles. The number of amides is 3. The van der Waals surface area contributed by atoms with Crippen molar-refractivity contribution in [1.29, 1.82) is 0 Å². The van der Waals surface area contributed by atoms with Crippen molar-refractivity contribution in [2.24, 2.45) is 5.41 Å². The Bertz CT molecular complexity index is 1630. The topological polar surface area (TPSA) is 130 Å². The first kappa shape index (κ1) is 39.9. The molecule has 1 aromatic heterocycles. The van der Waals surface area contributed by atoms with Crippen molar-refractivity contribution in [3.05, 3.63) is 83.7 Å². The van der Waals surface area contributed by atoms with Crippen LogP contribution in [-0.4, -0.2) is 72.3 Å². The van der Waals surface area contributed by atoms with Crippen LogP contribution in [0.15, 0.2) is 60.8 Å². The van der Waals surface area contributed by atoms with Gasteiger partial charge in [-0.2, -0.15) is 0 Å². The first-order chi connectivity index (χ1) is 23.3. The molecule has 272 valence electrons. The second kappa shape index (κ2) is 17.4. The third-order valence-corrected chi connectivity index (χ3v) is 9.81. The molecule has 3 aromatic rings. The van der Waals surface area contributed by atoms with Crippen LogP contribution in [0.1, 0.15) is 57.8 Å². The monoisotopic (exact) mass is 712 g/mol. The maximum atomic E-state index is 15.1. The number of hydrogen-bond acceptors (Lipinski definition) is 5. The van der Waals surface area contributed by atoms with Crippen LogP contribution >= 0.6 is 0 Å². The van der Waals surface area contributed by atoms with Gasteiger partial charge >= 0.3 is 12.1 Å². The fraction of sp³-hybridized carbons (Fsp3) is 0.459. The van der Waals surface area contributed by atoms with Crippen LogP contribution in [0.4, 0.5) is 13.6 Å². The van der Waals surface area contributed by atoms with Crippen molar-refractivity contribution in [1.82, 2.24) is 20.1 Å². The van der Waals surface area contributed by atoms with Crippen molar-refractivity contribution in [2.75, 3.05) is 19.7 Å². The van der Waals surface area contributed by atoms with E-state index in [9.17, 15) is 23.6 Å². The number of carboxylic acid groups (broad SMARTS) is 1. The Labute approximate surface area is 294 Å². The molecule has 3 rings (SSSR count). The van der Waals surface area contributed by atoms with Crippen molar-refractivity contribution in [3.63, 3.8) is 0 Å². The molecule has 2 atom stereocenters. The minimum Gasteiger partial charge on any atom is -0.481 e. The lowest BCUT2D eigenvalue weighted by atomic mass is 9.82. The van der Waals surface area contributed by atoms with Crippen LogP contribution < -0.4 is 10.6 Å². The lowest BCUT2D eigenvalue weighted by Crippen LogP contribution is -2.53. The van der Waals surface area contributed by atoms with Crippen molar-refractivity contribution in [3.8, 4) is 11.1 Å². The zero-order valence-corrected chi connectivity index (χ0v) is 31.0. The van der Waals surface area contributed by atoms with E-state index in [1.165, 1.54) is 6.92 Å². The second-order valence-electron chi connectivity index (χ2n) is 14.8. The summed E-state index contributed by atoms with van der Waals surface area (Å²) < 4.78 is 36.7. The molecule has 3 amide bonds. The molecule has 10 nitrogen and oxygen atoms in total. The summed E-state index contributed by atoms with van der Waals surface area (Å²) in [6.45, 7) is 14.2. The number of nitrogens with one attached hydrogen (secondary N) is 2. The number of hydrogen-bond donors (Lipinski definition) is 3. The fourth-order valence-corrected chi connectivity index (χ4v) is 6.37. The van der Waals surface area contributed by atoms with Gasteiger partial charge in [0, 0.05) is 64.1 Å². The van der Waals surface area contributed by atoms with Gasteiger partial charge in [0.25, 0.3) is 0 Å². The van der Waals surface area contributed by atoms with Gasteiger partial charge in [-0.1, -0.05) is 70.7 Å². The predicted octanol–water partition coefficient (Wildman–Crippen LogP) is 6.83. The maximum absolute atomic E-state index is 15.1. The average Bonchev–Trinajstić information content (AvgIpc) is 3.41. The molecule has 0 aliphatic rings. The Kier molecular flexibility index (Phi) is 13.9. The van der Waals surface area contributed by atoms with Gasteiger partial charge in [0.1, 0.15) is 11.6 Å². The Morgan fingerprint density at radius 2 is 1.68 bits per heavy atom. The molecule has 3 N–H and O–H groups in total. The number of rotatable bonds is 16. The molecule has 0 fully saturated rings. The number of carbonyl (C=O) groups is 4. The number of carbonyl (C=O) groups excluding carboxylic acids is 3. The normalized spacial score (nSPS) is 12.9. The number of benzene rings is 2. The molecule has 0 radical (unpaired) electrons. The summed E-state index contributed by atoms with van der Waals surface area (Å²) in [5.41, 5.74) is 1.45. The number of nitrogens with zero attached hydrogens (tertiary/aromatic N) is 2. The maximum Gasteiger partial charge on any atom is 0.407 e. The predicted molar refractivity (Wildman–Crippen MR) is 191 cm³/mol. The number of aromatic nitrogens is 1. The van der Waals surface area contributed by atoms with Crippen LogP contribution in [0.5, 0.6) is 0 Å². The third-order valence-electron chi connectivity index (χ3n) is 8.11. The van der Waals surface area contributed by atoms with Gasteiger partial charge in [0.05, 0.1) is 25.1 Å². The van der Waals surface area contributed by atoms with E-state index in [1.54, 1.807) is 17.2 Å². The number of carboxylic acids is 1. The summed E-state index contributed by atoms with van der Waals surface area (Å²) in [6, 6.07) is 13.9. The molecule has 0 aliphatic carbocycles. The molecule has 50 heavy (non-hydrogen) atoms. The van der Waals surface area contributed by atoms with Gasteiger partial charge in [-0.3, -0.25) is 14.4 Å². The number of aliphatic carboxylic acids is 1. The standard InChI is InChI=1S/C37H50F2N4O6Si/c1-25(44)43(24-29(41-33(45)15-16-34(46)47)21-40-36(48)49-17-18-50(5,6)7)35(37(2,3)4)32-19-27(30-20-28(38)13-14-31(30)39)23-42(32)22-26-11-9-8-10-12-26/h8-14,19-20,23,29,35H,15-18,21-22,24H2,1-7H3,(H,40,48)(H,41,45)(H,46,47). The molecular weight excluding hydrogens is 663 g/mol. The number of ether oxygens (including phenoxy) is 1. The fourth-order valence-electron chi connectivity index (χ4n) is 5.65. The Morgan fingerprint density at radius 1 is 1.00 bits per heavy atom. The van der Waals surface area contributed by atoms with E-state index in [1.807, 2.05) is 55.7 Å². The van der Waals surface area contributed by atoms with E-state index in [0.29, 0.717) is 17.8 Å². The zero-order valence-electron chi connectivity index (χ0n) is 30.0. The molecule has 13 heteroatoms. The van der Waals surface area contributed by atoms with Crippen LogP contribution in [-0.2, 0) is 25.7 Å². The van der Waals surface area contributed by atoms with E-state index < -0.39 is 61.6 Å². The quantitative estimate of drug-likeness (QED) is 0.140.